The number of hydrogen-bond acceptors (Lipinski definition) is 2. The highest BCUT2D eigenvalue weighted by atomic mass is 15.2. The van der Waals surface area contributed by atoms with Crippen molar-refractivity contribution in [3.63, 3.8) is 0 Å². The molecule has 1 aliphatic rings. The second-order valence-corrected chi connectivity index (χ2v) is 3.76. The zero-order chi connectivity index (χ0) is 9.68. The molecule has 0 radical (unpaired) electrons. The third-order valence-electron chi connectivity index (χ3n) is 2.85. The molecule has 1 aliphatic heterocycles. The molecule has 0 bridgehead atoms. The number of nitrogens with zero attached hydrogens (tertiary/aromatic N) is 1. The molecular weight excluding hydrogens is 160 g/mol. The molecule has 1 heterocycles. The molecule has 2 unspecified atom stereocenters. The van der Waals surface area contributed by atoms with E-state index >= 15 is 0 Å². The molecular formula is C11H20N2. The van der Waals surface area contributed by atoms with Gasteiger partial charge in [-0.05, 0) is 13.3 Å². The van der Waals surface area contributed by atoms with Gasteiger partial charge in [-0.3, -0.25) is 4.90 Å². The summed E-state index contributed by atoms with van der Waals surface area (Å²) in [4.78, 5) is 2.54. The molecule has 1 saturated heterocycles. The van der Waals surface area contributed by atoms with Crippen LogP contribution in [0.4, 0.5) is 0 Å². The van der Waals surface area contributed by atoms with Gasteiger partial charge in [0.05, 0.1) is 0 Å². The van der Waals surface area contributed by atoms with Crippen LogP contribution in [-0.4, -0.2) is 36.6 Å². The van der Waals surface area contributed by atoms with Crippen molar-refractivity contribution in [3.8, 4) is 12.3 Å². The third kappa shape index (κ3) is 2.72. The number of terminal acetylenes is 1. The highest BCUT2D eigenvalue weighted by Gasteiger charge is 2.23. The monoisotopic (exact) mass is 180 g/mol. The summed E-state index contributed by atoms with van der Waals surface area (Å²) in [5.74, 6) is 2.75. The standard InChI is InChI=1S/C11H20N2/c1-4-6-10(3)13-8-7-12-9-11(13)5-2/h1,10-12H,5-9H2,2-3H3. The van der Waals surface area contributed by atoms with Crippen LogP contribution in [0.2, 0.25) is 0 Å². The highest BCUT2D eigenvalue weighted by Crippen LogP contribution is 2.13. The Labute approximate surface area is 81.7 Å². The molecule has 2 heteroatoms. The van der Waals surface area contributed by atoms with Crippen molar-refractivity contribution >= 4 is 0 Å². The summed E-state index contributed by atoms with van der Waals surface area (Å²) in [5, 5.41) is 3.42. The van der Waals surface area contributed by atoms with Crippen LogP contribution in [0.5, 0.6) is 0 Å². The minimum absolute atomic E-state index is 0.539. The topological polar surface area (TPSA) is 15.3 Å². The van der Waals surface area contributed by atoms with Gasteiger partial charge >= 0.3 is 0 Å². The van der Waals surface area contributed by atoms with Gasteiger partial charge in [-0.15, -0.1) is 12.3 Å². The first-order chi connectivity index (χ1) is 6.29. The molecule has 1 rings (SSSR count). The minimum atomic E-state index is 0.539. The Kier molecular flexibility index (Phi) is 4.27. The van der Waals surface area contributed by atoms with Crippen molar-refractivity contribution in [2.45, 2.75) is 38.8 Å². The minimum Gasteiger partial charge on any atom is -0.314 e. The van der Waals surface area contributed by atoms with E-state index in [4.69, 9.17) is 6.42 Å². The van der Waals surface area contributed by atoms with Crippen molar-refractivity contribution in [1.29, 1.82) is 0 Å². The van der Waals surface area contributed by atoms with Crippen LogP contribution in [0.1, 0.15) is 26.7 Å². The summed E-state index contributed by atoms with van der Waals surface area (Å²) in [6, 6.07) is 1.22. The molecule has 13 heavy (non-hydrogen) atoms. The van der Waals surface area contributed by atoms with E-state index in [0.29, 0.717) is 12.1 Å². The number of piperazine rings is 1. The molecule has 0 amide bonds. The summed E-state index contributed by atoms with van der Waals surface area (Å²) < 4.78 is 0. The normalized spacial score (nSPS) is 26.7. The molecule has 0 aliphatic carbocycles. The SMILES string of the molecule is C#CCC(C)N1CCNCC1CC. The van der Waals surface area contributed by atoms with Crippen molar-refractivity contribution in [2.75, 3.05) is 19.6 Å². The highest BCUT2D eigenvalue weighted by molar-refractivity contribution is 4.92. The Hall–Kier alpha value is -0.520. The quantitative estimate of drug-likeness (QED) is 0.654. The molecule has 74 valence electrons. The summed E-state index contributed by atoms with van der Waals surface area (Å²) in [6.07, 6.45) is 7.41. The van der Waals surface area contributed by atoms with Crippen LogP contribution in [0, 0.1) is 12.3 Å². The van der Waals surface area contributed by atoms with Gasteiger partial charge in [0.2, 0.25) is 0 Å². The number of hydrogen-bond donors (Lipinski definition) is 1. The fraction of sp³-hybridized carbons (Fsp3) is 0.818. The number of nitrogens with one attached hydrogen (secondary N) is 1. The lowest BCUT2D eigenvalue weighted by molar-refractivity contribution is 0.114. The fourth-order valence-corrected chi connectivity index (χ4v) is 2.02. The van der Waals surface area contributed by atoms with E-state index in [-0.39, 0.29) is 0 Å². The maximum Gasteiger partial charge on any atom is 0.0240 e. The first-order valence-corrected chi connectivity index (χ1v) is 5.19. The Morgan fingerprint density at radius 1 is 1.69 bits per heavy atom. The van der Waals surface area contributed by atoms with Gasteiger partial charge in [0.25, 0.3) is 0 Å². The zero-order valence-corrected chi connectivity index (χ0v) is 8.71. The lowest BCUT2D eigenvalue weighted by Crippen LogP contribution is -2.54. The molecule has 1 fully saturated rings. The van der Waals surface area contributed by atoms with Crippen LogP contribution in [0.15, 0.2) is 0 Å². The van der Waals surface area contributed by atoms with Crippen LogP contribution >= 0.6 is 0 Å². The molecule has 0 aromatic heterocycles. The smallest absolute Gasteiger partial charge is 0.0240 e. The summed E-state index contributed by atoms with van der Waals surface area (Å²) in [6.45, 7) is 7.83. The van der Waals surface area contributed by atoms with Crippen molar-refractivity contribution in [3.05, 3.63) is 0 Å². The fourth-order valence-electron chi connectivity index (χ4n) is 2.02. The molecule has 0 aromatic carbocycles. The summed E-state index contributed by atoms with van der Waals surface area (Å²) >= 11 is 0. The summed E-state index contributed by atoms with van der Waals surface area (Å²) in [5.41, 5.74) is 0. The lowest BCUT2D eigenvalue weighted by Gasteiger charge is -2.39. The van der Waals surface area contributed by atoms with Gasteiger partial charge in [0.1, 0.15) is 0 Å². The van der Waals surface area contributed by atoms with Gasteiger partial charge in [-0.1, -0.05) is 6.92 Å². The average Bonchev–Trinajstić information content (AvgIpc) is 2.18. The van der Waals surface area contributed by atoms with Gasteiger partial charge in [-0.2, -0.15) is 0 Å². The van der Waals surface area contributed by atoms with Gasteiger partial charge in [0.15, 0.2) is 0 Å². The molecule has 2 atom stereocenters. The molecule has 0 saturated carbocycles. The first-order valence-electron chi connectivity index (χ1n) is 5.19. The van der Waals surface area contributed by atoms with E-state index in [2.05, 4.69) is 30.0 Å². The zero-order valence-electron chi connectivity index (χ0n) is 8.71. The molecule has 0 aromatic rings. The van der Waals surface area contributed by atoms with Crippen LogP contribution in [-0.2, 0) is 0 Å². The van der Waals surface area contributed by atoms with Crippen molar-refractivity contribution < 1.29 is 0 Å². The van der Waals surface area contributed by atoms with Crippen LogP contribution in [0.25, 0.3) is 0 Å². The second-order valence-electron chi connectivity index (χ2n) is 3.76. The predicted octanol–water partition coefficient (Wildman–Crippen LogP) is 1.08. The maximum atomic E-state index is 5.33. The Balaban J connectivity index is 2.49. The third-order valence-corrected chi connectivity index (χ3v) is 2.85. The van der Waals surface area contributed by atoms with Gasteiger partial charge in [0, 0.05) is 38.1 Å². The molecule has 1 N–H and O–H groups in total. The van der Waals surface area contributed by atoms with E-state index in [1.807, 2.05) is 0 Å². The first kappa shape index (κ1) is 10.6. The predicted molar refractivity (Wildman–Crippen MR) is 56.6 cm³/mol. The van der Waals surface area contributed by atoms with Crippen molar-refractivity contribution in [2.24, 2.45) is 0 Å². The van der Waals surface area contributed by atoms with Gasteiger partial charge < -0.3 is 5.32 Å². The van der Waals surface area contributed by atoms with E-state index in [1.54, 1.807) is 0 Å². The number of rotatable bonds is 3. The van der Waals surface area contributed by atoms with E-state index in [0.717, 1.165) is 26.1 Å². The van der Waals surface area contributed by atoms with Crippen LogP contribution < -0.4 is 5.32 Å². The maximum absolute atomic E-state index is 5.33. The average molecular weight is 180 g/mol. The van der Waals surface area contributed by atoms with E-state index in [9.17, 15) is 0 Å². The largest absolute Gasteiger partial charge is 0.314 e. The molecule has 0 spiro atoms. The van der Waals surface area contributed by atoms with E-state index < -0.39 is 0 Å². The van der Waals surface area contributed by atoms with Crippen molar-refractivity contribution in [1.82, 2.24) is 10.2 Å². The molecule has 2 nitrogen and oxygen atoms in total. The Morgan fingerprint density at radius 2 is 2.46 bits per heavy atom. The Bertz CT molecular complexity index is 183. The second kappa shape index (κ2) is 5.26. The summed E-state index contributed by atoms with van der Waals surface area (Å²) in [7, 11) is 0. The van der Waals surface area contributed by atoms with E-state index in [1.165, 1.54) is 6.42 Å². The van der Waals surface area contributed by atoms with Crippen LogP contribution in [0.3, 0.4) is 0 Å². The Morgan fingerprint density at radius 3 is 3.08 bits per heavy atom. The van der Waals surface area contributed by atoms with Gasteiger partial charge in [-0.25, -0.2) is 0 Å². The lowest BCUT2D eigenvalue weighted by atomic mass is 10.1.